The Morgan fingerprint density at radius 2 is 2.12 bits per heavy atom. The number of ketones is 1. The molecule has 130 valence electrons. The number of hydrogen-bond acceptors (Lipinski definition) is 5. The molecule has 3 rings (SSSR count). The van der Waals surface area contributed by atoms with Crippen molar-refractivity contribution in [2.24, 2.45) is 13.0 Å². The molecule has 1 saturated carbocycles. The summed E-state index contributed by atoms with van der Waals surface area (Å²) in [7, 11) is 4.78. The van der Waals surface area contributed by atoms with Crippen LogP contribution in [0.3, 0.4) is 0 Å². The molecule has 1 aromatic carbocycles. The Balaban J connectivity index is 2.16. The Hall–Kier alpha value is -2.81. The molecular weight excluding hydrogens is 320 g/mol. The summed E-state index contributed by atoms with van der Waals surface area (Å²) in [5.74, 6) is -0.896. The van der Waals surface area contributed by atoms with E-state index in [4.69, 9.17) is 9.47 Å². The minimum atomic E-state index is -0.904. The average Bonchev–Trinajstić information content (AvgIpc) is 3.03. The first-order chi connectivity index (χ1) is 12.0. The van der Waals surface area contributed by atoms with Crippen LogP contribution in [0.4, 0.5) is 0 Å². The summed E-state index contributed by atoms with van der Waals surface area (Å²) in [6, 6.07) is 8.04. The number of rotatable bonds is 3. The fourth-order valence-electron chi connectivity index (χ4n) is 3.80. The zero-order chi connectivity index (χ0) is 18.2. The molecule has 2 aromatic rings. The maximum atomic E-state index is 12.2. The molecule has 2 unspecified atom stereocenters. The normalized spacial score (nSPS) is 23.3. The summed E-state index contributed by atoms with van der Waals surface area (Å²) >= 11 is 0. The number of aryl methyl sites for hydroxylation is 1. The van der Waals surface area contributed by atoms with Crippen molar-refractivity contribution < 1.29 is 19.1 Å². The van der Waals surface area contributed by atoms with Crippen LogP contribution in [-0.2, 0) is 26.8 Å². The molecule has 2 atom stereocenters. The molecule has 1 fully saturated rings. The molecule has 0 saturated heterocycles. The molecule has 1 aromatic heterocycles. The van der Waals surface area contributed by atoms with Crippen molar-refractivity contribution in [2.75, 3.05) is 14.2 Å². The highest BCUT2D eigenvalue weighted by Crippen LogP contribution is 2.44. The van der Waals surface area contributed by atoms with E-state index in [2.05, 4.69) is 6.07 Å². The van der Waals surface area contributed by atoms with Gasteiger partial charge in [-0.05, 0) is 30.5 Å². The fraction of sp³-hybridized carbons (Fsp3) is 0.421. The number of nitriles is 1. The number of carbonyl (C=O) groups is 2. The number of fused-ring (bicyclic) bond motifs is 1. The summed E-state index contributed by atoms with van der Waals surface area (Å²) in [6.45, 7) is 0. The van der Waals surface area contributed by atoms with E-state index in [0.29, 0.717) is 6.42 Å². The maximum Gasteiger partial charge on any atom is 0.316 e. The van der Waals surface area contributed by atoms with Crippen molar-refractivity contribution in [1.82, 2.24) is 4.57 Å². The first-order valence-electron chi connectivity index (χ1n) is 8.11. The van der Waals surface area contributed by atoms with Crippen LogP contribution in [0.25, 0.3) is 10.9 Å². The highest BCUT2D eigenvalue weighted by atomic mass is 16.5. The predicted octanol–water partition coefficient (Wildman–Crippen LogP) is 2.49. The van der Waals surface area contributed by atoms with Crippen LogP contribution in [0.5, 0.6) is 5.75 Å². The van der Waals surface area contributed by atoms with Crippen molar-refractivity contribution in [3.05, 3.63) is 30.0 Å². The number of ether oxygens (including phenoxy) is 2. The lowest BCUT2D eigenvalue weighted by Crippen LogP contribution is -2.40. The molecule has 6 nitrogen and oxygen atoms in total. The van der Waals surface area contributed by atoms with Crippen molar-refractivity contribution >= 4 is 22.7 Å². The predicted molar refractivity (Wildman–Crippen MR) is 91.1 cm³/mol. The van der Waals surface area contributed by atoms with Gasteiger partial charge in [0.15, 0.2) is 0 Å². The number of benzene rings is 1. The van der Waals surface area contributed by atoms with Crippen molar-refractivity contribution in [1.29, 1.82) is 5.26 Å². The van der Waals surface area contributed by atoms with E-state index in [1.54, 1.807) is 7.11 Å². The SMILES string of the molecule is COC(=O)C1CC(C#N)(c2ccc(OC)c3c2ccn3C)CCC1=O. The van der Waals surface area contributed by atoms with Crippen LogP contribution in [-0.4, -0.2) is 30.5 Å². The minimum Gasteiger partial charge on any atom is -0.495 e. The zero-order valence-corrected chi connectivity index (χ0v) is 14.5. The van der Waals surface area contributed by atoms with E-state index >= 15 is 0 Å². The van der Waals surface area contributed by atoms with E-state index in [1.807, 2.05) is 36.0 Å². The third-order valence-electron chi connectivity index (χ3n) is 5.17. The summed E-state index contributed by atoms with van der Waals surface area (Å²) in [4.78, 5) is 24.2. The summed E-state index contributed by atoms with van der Waals surface area (Å²) in [5, 5.41) is 10.9. The van der Waals surface area contributed by atoms with Crippen molar-refractivity contribution in [2.45, 2.75) is 24.7 Å². The van der Waals surface area contributed by atoms with Gasteiger partial charge >= 0.3 is 5.97 Å². The number of nitrogens with zero attached hydrogens (tertiary/aromatic N) is 2. The highest BCUT2D eigenvalue weighted by molar-refractivity contribution is 6.00. The second kappa shape index (κ2) is 6.25. The molecule has 0 spiro atoms. The fourth-order valence-corrected chi connectivity index (χ4v) is 3.80. The monoisotopic (exact) mass is 340 g/mol. The molecule has 1 heterocycles. The smallest absolute Gasteiger partial charge is 0.316 e. The third kappa shape index (κ3) is 2.56. The third-order valence-corrected chi connectivity index (χ3v) is 5.17. The van der Waals surface area contributed by atoms with Crippen molar-refractivity contribution in [3.63, 3.8) is 0 Å². The lowest BCUT2D eigenvalue weighted by atomic mass is 9.65. The zero-order valence-electron chi connectivity index (χ0n) is 14.5. The van der Waals surface area contributed by atoms with Gasteiger partial charge in [-0.25, -0.2) is 0 Å². The van der Waals surface area contributed by atoms with Gasteiger partial charge in [0, 0.05) is 25.1 Å². The van der Waals surface area contributed by atoms with E-state index < -0.39 is 17.3 Å². The lowest BCUT2D eigenvalue weighted by Gasteiger charge is -2.34. The van der Waals surface area contributed by atoms with Gasteiger partial charge in [-0.2, -0.15) is 5.26 Å². The number of esters is 1. The molecule has 6 heteroatoms. The topological polar surface area (TPSA) is 81.3 Å². The Bertz CT molecular complexity index is 885. The molecule has 0 aliphatic heterocycles. The van der Waals surface area contributed by atoms with E-state index in [9.17, 15) is 14.9 Å². The van der Waals surface area contributed by atoms with E-state index in [1.165, 1.54) is 7.11 Å². The van der Waals surface area contributed by atoms with Crippen molar-refractivity contribution in [3.8, 4) is 11.8 Å². The van der Waals surface area contributed by atoms with E-state index in [0.717, 1.165) is 22.2 Å². The Morgan fingerprint density at radius 1 is 1.36 bits per heavy atom. The molecule has 0 radical (unpaired) electrons. The standard InChI is InChI=1S/C19H20N2O4/c1-21-9-7-12-14(4-5-16(24-2)17(12)21)19(11-20)8-6-15(22)13(10-19)18(23)25-3/h4-5,7,9,13H,6,8,10H2,1-3H3. The van der Waals surface area contributed by atoms with Crippen LogP contribution in [0.1, 0.15) is 24.8 Å². The second-order valence-corrected chi connectivity index (χ2v) is 6.44. The number of hydrogen-bond donors (Lipinski definition) is 0. The molecule has 0 amide bonds. The van der Waals surface area contributed by atoms with Gasteiger partial charge in [-0.15, -0.1) is 0 Å². The molecule has 0 N–H and O–H groups in total. The van der Waals surface area contributed by atoms with Crippen LogP contribution in [0.15, 0.2) is 24.4 Å². The quantitative estimate of drug-likeness (QED) is 0.633. The summed E-state index contributed by atoms with van der Waals surface area (Å²) in [5.41, 5.74) is 0.812. The summed E-state index contributed by atoms with van der Waals surface area (Å²) < 4.78 is 12.1. The Labute approximate surface area is 145 Å². The van der Waals surface area contributed by atoms with Crippen LogP contribution < -0.4 is 4.74 Å². The minimum absolute atomic E-state index is 0.144. The van der Waals surface area contributed by atoms with Gasteiger partial charge < -0.3 is 14.0 Å². The van der Waals surface area contributed by atoms with Gasteiger partial charge in [-0.1, -0.05) is 6.07 Å². The second-order valence-electron chi connectivity index (χ2n) is 6.44. The van der Waals surface area contributed by atoms with Gasteiger partial charge in [0.25, 0.3) is 0 Å². The van der Waals surface area contributed by atoms with Gasteiger partial charge in [-0.3, -0.25) is 9.59 Å². The molecule has 0 bridgehead atoms. The lowest BCUT2D eigenvalue weighted by molar-refractivity contribution is -0.151. The van der Waals surface area contributed by atoms with Gasteiger partial charge in [0.05, 0.1) is 31.2 Å². The first-order valence-corrected chi connectivity index (χ1v) is 8.11. The van der Waals surface area contributed by atoms with Crippen LogP contribution >= 0.6 is 0 Å². The highest BCUT2D eigenvalue weighted by Gasteiger charge is 2.46. The number of aromatic nitrogens is 1. The Kier molecular flexibility index (Phi) is 4.25. The molecular formula is C19H20N2O4. The average molecular weight is 340 g/mol. The van der Waals surface area contributed by atoms with Gasteiger partial charge in [0.2, 0.25) is 0 Å². The van der Waals surface area contributed by atoms with E-state index in [-0.39, 0.29) is 18.6 Å². The molecule has 25 heavy (non-hydrogen) atoms. The van der Waals surface area contributed by atoms with Crippen LogP contribution in [0, 0.1) is 17.2 Å². The number of Topliss-reactive ketones (excluding diaryl/α,β-unsaturated/α-hetero) is 1. The number of carbonyl (C=O) groups excluding carboxylic acids is 2. The van der Waals surface area contributed by atoms with Crippen LogP contribution in [0.2, 0.25) is 0 Å². The Morgan fingerprint density at radius 3 is 2.76 bits per heavy atom. The molecule has 1 aliphatic rings. The maximum absolute atomic E-state index is 12.2. The molecule has 1 aliphatic carbocycles. The van der Waals surface area contributed by atoms with Gasteiger partial charge in [0.1, 0.15) is 17.5 Å². The summed E-state index contributed by atoms with van der Waals surface area (Å²) in [6.07, 6.45) is 2.64. The first kappa shape index (κ1) is 17.0. The number of methoxy groups -OCH3 is 2. The largest absolute Gasteiger partial charge is 0.495 e.